The first-order valence-electron chi connectivity index (χ1n) is 9.65. The van der Waals surface area contributed by atoms with Crippen molar-refractivity contribution in [2.75, 3.05) is 34.2 Å². The molecule has 0 aliphatic rings. The lowest BCUT2D eigenvalue weighted by Crippen LogP contribution is -2.25. The van der Waals surface area contributed by atoms with E-state index in [2.05, 4.69) is 20.8 Å². The molecule has 3 rings (SSSR count). The quantitative estimate of drug-likeness (QED) is 0.431. The minimum absolute atomic E-state index is 0.161. The zero-order valence-corrected chi connectivity index (χ0v) is 19.1. The lowest BCUT2D eigenvalue weighted by Gasteiger charge is -2.14. The summed E-state index contributed by atoms with van der Waals surface area (Å²) in [4.78, 5) is 12.4. The molecular weight excluding hydrogens is 434 g/mol. The summed E-state index contributed by atoms with van der Waals surface area (Å²) in [7, 11) is 6.29. The topological polar surface area (TPSA) is 110 Å². The number of nitrogens with one attached hydrogen (secondary N) is 1. The Balaban J connectivity index is 1.56. The van der Waals surface area contributed by atoms with Crippen molar-refractivity contribution in [3.63, 3.8) is 0 Å². The molecule has 1 N–H and O–H groups in total. The molecule has 0 saturated carbocycles. The molecule has 11 heteroatoms. The molecule has 0 atom stereocenters. The third-order valence-corrected chi connectivity index (χ3v) is 5.54. The summed E-state index contributed by atoms with van der Waals surface area (Å²) < 4.78 is 22.8. The maximum Gasteiger partial charge on any atom is 0.230 e. The molecule has 10 nitrogen and oxygen atoms in total. The van der Waals surface area contributed by atoms with Crippen molar-refractivity contribution in [3.05, 3.63) is 47.5 Å². The SMILES string of the molecule is COc1ccc(Cn2nnnc2SCC(=O)NCc2cc(OC)c(OC)cc2OC)cc1. The van der Waals surface area contributed by atoms with E-state index in [1.54, 1.807) is 45.3 Å². The fourth-order valence-electron chi connectivity index (χ4n) is 2.91. The van der Waals surface area contributed by atoms with Crippen LogP contribution in [0.4, 0.5) is 0 Å². The maximum atomic E-state index is 12.4. The zero-order valence-electron chi connectivity index (χ0n) is 18.3. The Morgan fingerprint density at radius 3 is 2.31 bits per heavy atom. The number of carbonyl (C=O) groups excluding carboxylic acids is 1. The number of thioether (sulfide) groups is 1. The van der Waals surface area contributed by atoms with Crippen LogP contribution in [0.25, 0.3) is 0 Å². The molecule has 0 bridgehead atoms. The van der Waals surface area contributed by atoms with E-state index in [0.29, 0.717) is 28.9 Å². The van der Waals surface area contributed by atoms with Gasteiger partial charge in [0.25, 0.3) is 0 Å². The smallest absolute Gasteiger partial charge is 0.230 e. The van der Waals surface area contributed by atoms with Gasteiger partial charge in [-0.15, -0.1) is 5.10 Å². The third kappa shape index (κ3) is 5.82. The van der Waals surface area contributed by atoms with Gasteiger partial charge in [0.05, 0.1) is 40.7 Å². The van der Waals surface area contributed by atoms with Crippen molar-refractivity contribution in [1.82, 2.24) is 25.5 Å². The van der Waals surface area contributed by atoms with E-state index < -0.39 is 0 Å². The van der Waals surface area contributed by atoms with Crippen LogP contribution >= 0.6 is 11.8 Å². The van der Waals surface area contributed by atoms with Crippen LogP contribution in [0.3, 0.4) is 0 Å². The van der Waals surface area contributed by atoms with Gasteiger partial charge in [0, 0.05) is 18.2 Å². The maximum absolute atomic E-state index is 12.4. The largest absolute Gasteiger partial charge is 0.497 e. The van der Waals surface area contributed by atoms with Crippen LogP contribution in [0.15, 0.2) is 41.6 Å². The zero-order chi connectivity index (χ0) is 22.9. The second kappa shape index (κ2) is 11.2. The standard InChI is InChI=1S/C21H25N5O5S/c1-28-16-7-5-14(6-8-16)12-26-21(23-24-25-26)32-13-20(27)22-11-15-9-18(30-3)19(31-4)10-17(15)29-2/h5-10H,11-13H2,1-4H3,(H,22,27). The van der Waals surface area contributed by atoms with Crippen LogP contribution < -0.4 is 24.3 Å². The number of benzene rings is 2. The number of nitrogens with zero attached hydrogens (tertiary/aromatic N) is 4. The van der Waals surface area contributed by atoms with Crippen molar-refractivity contribution in [1.29, 1.82) is 0 Å². The van der Waals surface area contributed by atoms with Crippen molar-refractivity contribution in [2.45, 2.75) is 18.2 Å². The molecule has 3 aromatic rings. The number of tetrazole rings is 1. The number of hydrogen-bond donors (Lipinski definition) is 1. The first-order chi connectivity index (χ1) is 15.6. The van der Waals surface area contributed by atoms with Gasteiger partial charge in [-0.1, -0.05) is 23.9 Å². The summed E-state index contributed by atoms with van der Waals surface area (Å²) in [5, 5.41) is 15.2. The highest BCUT2D eigenvalue weighted by Gasteiger charge is 2.14. The number of methoxy groups -OCH3 is 4. The fraction of sp³-hybridized carbons (Fsp3) is 0.333. The number of rotatable bonds is 11. The molecule has 0 unspecified atom stereocenters. The van der Waals surface area contributed by atoms with Crippen molar-refractivity contribution in [3.8, 4) is 23.0 Å². The Kier molecular flexibility index (Phi) is 8.14. The number of amides is 1. The van der Waals surface area contributed by atoms with Crippen molar-refractivity contribution >= 4 is 17.7 Å². The predicted molar refractivity (Wildman–Crippen MR) is 119 cm³/mol. The molecule has 0 aliphatic carbocycles. The molecular formula is C21H25N5O5S. The summed E-state index contributed by atoms with van der Waals surface area (Å²) in [6, 6.07) is 11.1. The highest BCUT2D eigenvalue weighted by Crippen LogP contribution is 2.34. The lowest BCUT2D eigenvalue weighted by atomic mass is 10.1. The fourth-order valence-corrected chi connectivity index (χ4v) is 3.62. The van der Waals surface area contributed by atoms with Gasteiger partial charge < -0.3 is 24.3 Å². The molecule has 2 aromatic carbocycles. The van der Waals surface area contributed by atoms with Gasteiger partial charge in [0.1, 0.15) is 11.5 Å². The van der Waals surface area contributed by atoms with E-state index in [1.165, 1.54) is 11.8 Å². The van der Waals surface area contributed by atoms with Crippen molar-refractivity contribution < 1.29 is 23.7 Å². The molecule has 0 saturated heterocycles. The van der Waals surface area contributed by atoms with Crippen LogP contribution in [0, 0.1) is 0 Å². The Morgan fingerprint density at radius 2 is 1.66 bits per heavy atom. The number of aromatic nitrogens is 4. The highest BCUT2D eigenvalue weighted by atomic mass is 32.2. The summed E-state index contributed by atoms with van der Waals surface area (Å²) in [6.07, 6.45) is 0. The normalized spacial score (nSPS) is 10.5. The lowest BCUT2D eigenvalue weighted by molar-refractivity contribution is -0.118. The summed E-state index contributed by atoms with van der Waals surface area (Å²) in [5.41, 5.74) is 1.79. The Morgan fingerprint density at radius 1 is 0.969 bits per heavy atom. The van der Waals surface area contributed by atoms with Gasteiger partial charge in [0.15, 0.2) is 11.5 Å². The van der Waals surface area contributed by atoms with Crippen LogP contribution in [-0.2, 0) is 17.9 Å². The van der Waals surface area contributed by atoms with Crippen LogP contribution in [0.2, 0.25) is 0 Å². The molecule has 1 amide bonds. The van der Waals surface area contributed by atoms with Gasteiger partial charge in [-0.25, -0.2) is 4.68 Å². The molecule has 1 aromatic heterocycles. The van der Waals surface area contributed by atoms with Crippen molar-refractivity contribution in [2.24, 2.45) is 0 Å². The van der Waals surface area contributed by atoms with E-state index in [9.17, 15) is 4.79 Å². The number of ether oxygens (including phenoxy) is 4. The van der Waals surface area contributed by atoms with Gasteiger partial charge in [-0.05, 0) is 34.2 Å². The average molecular weight is 460 g/mol. The van der Waals surface area contributed by atoms with E-state index in [-0.39, 0.29) is 18.2 Å². The Bertz CT molecular complexity index is 1040. The van der Waals surface area contributed by atoms with Crippen LogP contribution in [0.5, 0.6) is 23.0 Å². The molecule has 0 spiro atoms. The van der Waals surface area contributed by atoms with Gasteiger partial charge in [0.2, 0.25) is 11.1 Å². The molecule has 0 radical (unpaired) electrons. The average Bonchev–Trinajstić information content (AvgIpc) is 3.27. The molecule has 0 fully saturated rings. The number of carbonyl (C=O) groups is 1. The molecule has 170 valence electrons. The first kappa shape index (κ1) is 23.2. The summed E-state index contributed by atoms with van der Waals surface area (Å²) in [6.45, 7) is 0.767. The van der Waals surface area contributed by atoms with E-state index >= 15 is 0 Å². The van der Waals surface area contributed by atoms with Crippen LogP contribution in [0.1, 0.15) is 11.1 Å². The Labute approximate surface area is 190 Å². The monoisotopic (exact) mass is 459 g/mol. The second-order valence-electron chi connectivity index (χ2n) is 6.55. The number of hydrogen-bond acceptors (Lipinski definition) is 9. The van der Waals surface area contributed by atoms with E-state index in [0.717, 1.165) is 16.9 Å². The van der Waals surface area contributed by atoms with E-state index in [1.807, 2.05) is 24.3 Å². The summed E-state index contributed by atoms with van der Waals surface area (Å²) in [5.74, 6) is 2.49. The van der Waals surface area contributed by atoms with E-state index in [4.69, 9.17) is 18.9 Å². The highest BCUT2D eigenvalue weighted by molar-refractivity contribution is 7.99. The van der Waals surface area contributed by atoms with Gasteiger partial charge >= 0.3 is 0 Å². The minimum Gasteiger partial charge on any atom is -0.497 e. The second-order valence-corrected chi connectivity index (χ2v) is 7.49. The molecule has 1 heterocycles. The van der Waals surface area contributed by atoms with Gasteiger partial charge in [-0.3, -0.25) is 4.79 Å². The summed E-state index contributed by atoms with van der Waals surface area (Å²) >= 11 is 1.26. The molecule has 32 heavy (non-hydrogen) atoms. The molecule has 0 aliphatic heterocycles. The first-order valence-corrected chi connectivity index (χ1v) is 10.6. The minimum atomic E-state index is -0.161. The third-order valence-electron chi connectivity index (χ3n) is 4.59. The predicted octanol–water partition coefficient (Wildman–Crippen LogP) is 2.16. The van der Waals surface area contributed by atoms with Gasteiger partial charge in [-0.2, -0.15) is 0 Å². The van der Waals surface area contributed by atoms with Crippen LogP contribution in [-0.4, -0.2) is 60.3 Å². The Hall–Kier alpha value is -3.47.